The Morgan fingerprint density at radius 3 is 2.45 bits per heavy atom. The number of hydrogen-bond acceptors (Lipinski definition) is 3. The van der Waals surface area contributed by atoms with E-state index in [1.807, 2.05) is 0 Å². The molecular weight excluding hydrogens is 428 g/mol. The SMILES string of the molecule is CCCCC(C)(C)C(CCC1CC[C@@H](O)C1C/C=C\CCCC(=O)O)O[SiH2]C(C)(C)C(C)C. The molecule has 0 amide bonds. The van der Waals surface area contributed by atoms with Gasteiger partial charge in [-0.25, -0.2) is 0 Å². The first kappa shape index (κ1) is 30.4. The van der Waals surface area contributed by atoms with Crippen LogP contribution in [0.15, 0.2) is 12.2 Å². The highest BCUT2D eigenvalue weighted by atomic mass is 28.2. The summed E-state index contributed by atoms with van der Waals surface area (Å²) in [6.45, 7) is 16.4. The molecule has 1 fully saturated rings. The fourth-order valence-electron chi connectivity index (χ4n) is 4.92. The van der Waals surface area contributed by atoms with Crippen LogP contribution in [0, 0.1) is 23.2 Å². The molecule has 0 aliphatic heterocycles. The van der Waals surface area contributed by atoms with Gasteiger partial charge in [-0.05, 0) is 79.6 Å². The number of hydrogen-bond donors (Lipinski definition) is 2. The van der Waals surface area contributed by atoms with Crippen molar-refractivity contribution in [3.05, 3.63) is 12.2 Å². The molecule has 1 rings (SSSR count). The average molecular weight is 483 g/mol. The Kier molecular flexibility index (Phi) is 13.5. The monoisotopic (exact) mass is 482 g/mol. The van der Waals surface area contributed by atoms with E-state index in [0.29, 0.717) is 35.3 Å². The Balaban J connectivity index is 2.71. The second-order valence-electron chi connectivity index (χ2n) is 12.2. The van der Waals surface area contributed by atoms with E-state index in [2.05, 4.69) is 60.6 Å². The predicted molar refractivity (Wildman–Crippen MR) is 142 cm³/mol. The fraction of sp³-hybridized carbons (Fsp3) is 0.893. The summed E-state index contributed by atoms with van der Waals surface area (Å²) in [5.74, 6) is 0.786. The van der Waals surface area contributed by atoms with Crippen LogP contribution in [0.25, 0.3) is 0 Å². The second-order valence-corrected chi connectivity index (χ2v) is 14.6. The van der Waals surface area contributed by atoms with E-state index in [1.54, 1.807) is 0 Å². The second kappa shape index (κ2) is 14.7. The molecule has 0 radical (unpaired) electrons. The molecule has 1 aliphatic rings. The van der Waals surface area contributed by atoms with Crippen LogP contribution in [0.3, 0.4) is 0 Å². The van der Waals surface area contributed by atoms with E-state index in [1.165, 1.54) is 19.3 Å². The molecule has 0 bridgehead atoms. The van der Waals surface area contributed by atoms with Crippen molar-refractivity contribution in [2.45, 2.75) is 136 Å². The molecule has 4 atom stereocenters. The molecule has 3 unspecified atom stereocenters. The Bertz CT molecular complexity index is 584. The van der Waals surface area contributed by atoms with Crippen LogP contribution >= 0.6 is 0 Å². The van der Waals surface area contributed by atoms with Gasteiger partial charge < -0.3 is 14.6 Å². The van der Waals surface area contributed by atoms with Gasteiger partial charge >= 0.3 is 5.97 Å². The minimum absolute atomic E-state index is 0.187. The lowest BCUT2D eigenvalue weighted by atomic mass is 9.77. The van der Waals surface area contributed by atoms with Crippen LogP contribution < -0.4 is 0 Å². The van der Waals surface area contributed by atoms with Gasteiger partial charge in [0.15, 0.2) is 9.76 Å². The minimum Gasteiger partial charge on any atom is -0.481 e. The highest BCUT2D eigenvalue weighted by molar-refractivity contribution is 6.32. The summed E-state index contributed by atoms with van der Waals surface area (Å²) in [6.07, 6.45) is 14.9. The van der Waals surface area contributed by atoms with Gasteiger partial charge in [0.25, 0.3) is 0 Å². The maximum atomic E-state index is 10.7. The maximum absolute atomic E-state index is 10.7. The maximum Gasteiger partial charge on any atom is 0.303 e. The molecule has 0 aromatic rings. The highest BCUT2D eigenvalue weighted by Crippen LogP contribution is 2.42. The number of aliphatic hydroxyl groups excluding tert-OH is 1. The van der Waals surface area contributed by atoms with Crippen molar-refractivity contribution in [2.75, 3.05) is 0 Å². The van der Waals surface area contributed by atoms with Gasteiger partial charge in [0, 0.05) is 12.5 Å². The van der Waals surface area contributed by atoms with Gasteiger partial charge in [0.05, 0.1) is 6.10 Å². The van der Waals surface area contributed by atoms with Gasteiger partial charge in [-0.2, -0.15) is 0 Å². The summed E-state index contributed by atoms with van der Waals surface area (Å²) in [7, 11) is -0.654. The average Bonchev–Trinajstić information content (AvgIpc) is 3.07. The third-order valence-corrected chi connectivity index (χ3v) is 10.5. The summed E-state index contributed by atoms with van der Waals surface area (Å²) < 4.78 is 6.81. The zero-order valence-electron chi connectivity index (χ0n) is 22.7. The van der Waals surface area contributed by atoms with Crippen LogP contribution in [0.4, 0.5) is 0 Å². The van der Waals surface area contributed by atoms with Gasteiger partial charge in [-0.3, -0.25) is 4.79 Å². The molecular formula is C28H54O4Si. The first-order valence-corrected chi connectivity index (χ1v) is 14.9. The Morgan fingerprint density at radius 2 is 1.85 bits per heavy atom. The van der Waals surface area contributed by atoms with Gasteiger partial charge in [0.2, 0.25) is 0 Å². The molecule has 0 heterocycles. The van der Waals surface area contributed by atoms with Crippen LogP contribution in [-0.2, 0) is 9.22 Å². The third-order valence-electron chi connectivity index (χ3n) is 8.33. The van der Waals surface area contributed by atoms with Gasteiger partial charge in [-0.1, -0.05) is 73.5 Å². The molecule has 0 spiro atoms. The summed E-state index contributed by atoms with van der Waals surface area (Å²) >= 11 is 0. The molecule has 4 nitrogen and oxygen atoms in total. The minimum atomic E-state index is -0.729. The van der Waals surface area contributed by atoms with Crippen molar-refractivity contribution < 1.29 is 19.4 Å². The molecule has 0 saturated heterocycles. The molecule has 33 heavy (non-hydrogen) atoms. The predicted octanol–water partition coefficient (Wildman–Crippen LogP) is 6.89. The molecule has 194 valence electrons. The molecule has 1 aliphatic carbocycles. The van der Waals surface area contributed by atoms with E-state index in [0.717, 1.165) is 38.5 Å². The summed E-state index contributed by atoms with van der Waals surface area (Å²) in [5, 5.41) is 19.7. The van der Waals surface area contributed by atoms with E-state index in [9.17, 15) is 9.90 Å². The zero-order valence-corrected chi connectivity index (χ0v) is 24.2. The van der Waals surface area contributed by atoms with Crippen molar-refractivity contribution in [1.29, 1.82) is 0 Å². The van der Waals surface area contributed by atoms with E-state index in [4.69, 9.17) is 9.53 Å². The number of carboxylic acid groups (broad SMARTS) is 1. The largest absolute Gasteiger partial charge is 0.481 e. The number of aliphatic hydroxyl groups is 1. The number of aliphatic carboxylic acids is 1. The van der Waals surface area contributed by atoms with Crippen molar-refractivity contribution in [2.24, 2.45) is 23.2 Å². The van der Waals surface area contributed by atoms with E-state index in [-0.39, 0.29) is 17.9 Å². The fourth-order valence-corrected chi connectivity index (χ4v) is 6.50. The number of carbonyl (C=O) groups is 1. The molecule has 5 heteroatoms. The number of rotatable bonds is 17. The third kappa shape index (κ3) is 11.1. The van der Waals surface area contributed by atoms with Crippen molar-refractivity contribution in [3.63, 3.8) is 0 Å². The lowest BCUT2D eigenvalue weighted by Crippen LogP contribution is -2.37. The van der Waals surface area contributed by atoms with E-state index >= 15 is 0 Å². The van der Waals surface area contributed by atoms with Crippen LogP contribution in [0.5, 0.6) is 0 Å². The first-order valence-electron chi connectivity index (χ1n) is 13.6. The highest BCUT2D eigenvalue weighted by Gasteiger charge is 2.37. The summed E-state index contributed by atoms with van der Waals surface area (Å²) in [6, 6.07) is 0. The van der Waals surface area contributed by atoms with Crippen molar-refractivity contribution in [1.82, 2.24) is 0 Å². The Labute approximate surface area is 206 Å². The van der Waals surface area contributed by atoms with Gasteiger partial charge in [-0.15, -0.1) is 0 Å². The smallest absolute Gasteiger partial charge is 0.303 e. The number of carboxylic acids is 1. The van der Waals surface area contributed by atoms with Crippen molar-refractivity contribution >= 4 is 15.7 Å². The molecule has 2 N–H and O–H groups in total. The van der Waals surface area contributed by atoms with Crippen molar-refractivity contribution in [3.8, 4) is 0 Å². The topological polar surface area (TPSA) is 66.8 Å². The van der Waals surface area contributed by atoms with Crippen LogP contribution in [0.2, 0.25) is 5.04 Å². The van der Waals surface area contributed by atoms with Crippen LogP contribution in [0.1, 0.15) is 119 Å². The molecule has 0 aromatic carbocycles. The number of allylic oxidation sites excluding steroid dienone is 2. The lowest BCUT2D eigenvalue weighted by Gasteiger charge is -2.39. The summed E-state index contributed by atoms with van der Waals surface area (Å²) in [4.78, 5) is 10.7. The standard InChI is InChI=1S/C28H54O4Si/c1-8-9-20-27(4,5)25(32-33-28(6,7)21(2)3)19-17-22-16-18-24(29)23(22)14-12-10-11-13-15-26(30)31/h10,12,21-25,29H,8-9,11,13-20,33H2,1-7H3,(H,30,31)/b12-10-/t22?,23?,24-,25?/m1/s1. The number of unbranched alkanes of at least 4 members (excludes halogenated alkanes) is 2. The Hall–Kier alpha value is -0.653. The lowest BCUT2D eigenvalue weighted by molar-refractivity contribution is -0.137. The quantitative estimate of drug-likeness (QED) is 0.134. The Morgan fingerprint density at radius 1 is 1.15 bits per heavy atom. The first-order chi connectivity index (χ1) is 15.4. The molecule has 0 aromatic heterocycles. The van der Waals surface area contributed by atoms with Gasteiger partial charge in [0.1, 0.15) is 0 Å². The van der Waals surface area contributed by atoms with Crippen LogP contribution in [-0.4, -0.2) is 38.2 Å². The zero-order chi connectivity index (χ0) is 25.1. The molecule has 1 saturated carbocycles. The normalized spacial score (nSPS) is 23.4. The van der Waals surface area contributed by atoms with E-state index < -0.39 is 15.7 Å². The summed E-state index contributed by atoms with van der Waals surface area (Å²) in [5.41, 5.74) is 0.187.